The molecule has 0 radical (unpaired) electrons. The fourth-order valence-corrected chi connectivity index (χ4v) is 1.08. The highest BCUT2D eigenvalue weighted by atomic mass is 16.3. The van der Waals surface area contributed by atoms with Gasteiger partial charge in [0.2, 0.25) is 5.91 Å². The largest absolute Gasteiger partial charge is 0.467 e. The number of hydrogen-bond acceptors (Lipinski definition) is 3. The molecule has 0 saturated carbocycles. The second-order valence-corrected chi connectivity index (χ2v) is 4.02. The van der Waals surface area contributed by atoms with Crippen LogP contribution in [0.4, 0.5) is 0 Å². The highest BCUT2D eigenvalue weighted by Crippen LogP contribution is 2.04. The number of rotatable bonds is 4. The summed E-state index contributed by atoms with van der Waals surface area (Å²) < 4.78 is 5.07. The molecule has 0 fully saturated rings. The van der Waals surface area contributed by atoms with Gasteiger partial charge in [0.15, 0.2) is 0 Å². The highest BCUT2D eigenvalue weighted by molar-refractivity contribution is 5.76. The fourth-order valence-electron chi connectivity index (χ4n) is 1.08. The van der Waals surface area contributed by atoms with E-state index in [0.29, 0.717) is 13.0 Å². The molecule has 0 aromatic carbocycles. The van der Waals surface area contributed by atoms with Crippen LogP contribution in [0.25, 0.3) is 0 Å². The zero-order chi connectivity index (χ0) is 10.6. The molecule has 0 bridgehead atoms. The van der Waals surface area contributed by atoms with Crippen LogP contribution in [0.3, 0.4) is 0 Å². The number of nitrogens with two attached hydrogens (primary N) is 1. The second kappa shape index (κ2) is 4.28. The van der Waals surface area contributed by atoms with Gasteiger partial charge in [0.05, 0.1) is 12.8 Å². The van der Waals surface area contributed by atoms with Crippen molar-refractivity contribution in [2.24, 2.45) is 5.73 Å². The molecule has 0 atom stereocenters. The Morgan fingerprint density at radius 3 is 2.86 bits per heavy atom. The predicted molar refractivity (Wildman–Crippen MR) is 53.4 cm³/mol. The van der Waals surface area contributed by atoms with E-state index in [0.717, 1.165) is 5.76 Å². The van der Waals surface area contributed by atoms with E-state index in [1.165, 1.54) is 0 Å². The van der Waals surface area contributed by atoms with Gasteiger partial charge in [-0.05, 0) is 26.0 Å². The first-order valence-corrected chi connectivity index (χ1v) is 4.55. The molecule has 14 heavy (non-hydrogen) atoms. The van der Waals surface area contributed by atoms with Crippen LogP contribution in [0.2, 0.25) is 0 Å². The first-order chi connectivity index (χ1) is 6.47. The molecule has 1 heterocycles. The quantitative estimate of drug-likeness (QED) is 0.755. The highest BCUT2D eigenvalue weighted by Gasteiger charge is 2.15. The van der Waals surface area contributed by atoms with Crippen molar-refractivity contribution in [3.8, 4) is 0 Å². The van der Waals surface area contributed by atoms with Crippen molar-refractivity contribution in [3.05, 3.63) is 24.2 Å². The minimum absolute atomic E-state index is 0.0612. The van der Waals surface area contributed by atoms with Crippen molar-refractivity contribution < 1.29 is 9.21 Å². The van der Waals surface area contributed by atoms with Crippen molar-refractivity contribution in [2.45, 2.75) is 32.4 Å². The first kappa shape index (κ1) is 10.8. The molecule has 1 rings (SSSR count). The second-order valence-electron chi connectivity index (χ2n) is 4.02. The lowest BCUT2D eigenvalue weighted by Gasteiger charge is -2.17. The molecule has 0 aliphatic carbocycles. The monoisotopic (exact) mass is 196 g/mol. The van der Waals surface area contributed by atoms with Crippen molar-refractivity contribution >= 4 is 5.91 Å². The van der Waals surface area contributed by atoms with Crippen LogP contribution < -0.4 is 11.1 Å². The molecule has 1 aromatic rings. The Morgan fingerprint density at radius 1 is 1.64 bits per heavy atom. The Hall–Kier alpha value is -1.29. The van der Waals surface area contributed by atoms with E-state index in [-0.39, 0.29) is 5.91 Å². The van der Waals surface area contributed by atoms with E-state index in [4.69, 9.17) is 10.2 Å². The van der Waals surface area contributed by atoms with Gasteiger partial charge >= 0.3 is 0 Å². The van der Waals surface area contributed by atoms with Gasteiger partial charge in [-0.3, -0.25) is 4.79 Å². The number of carbonyl (C=O) groups excluding carboxylic acids is 1. The van der Waals surface area contributed by atoms with Crippen LogP contribution in [0.15, 0.2) is 22.8 Å². The number of amides is 1. The van der Waals surface area contributed by atoms with Gasteiger partial charge in [0.25, 0.3) is 0 Å². The maximum Gasteiger partial charge on any atom is 0.222 e. The van der Waals surface area contributed by atoms with E-state index in [1.807, 2.05) is 19.9 Å². The van der Waals surface area contributed by atoms with Crippen LogP contribution >= 0.6 is 0 Å². The third-order valence-electron chi connectivity index (χ3n) is 1.66. The molecule has 0 spiro atoms. The van der Waals surface area contributed by atoms with Crippen molar-refractivity contribution in [2.75, 3.05) is 0 Å². The van der Waals surface area contributed by atoms with Crippen LogP contribution in [-0.2, 0) is 11.3 Å². The molecule has 4 nitrogen and oxygen atoms in total. The maximum absolute atomic E-state index is 11.3. The topological polar surface area (TPSA) is 68.3 Å². The Bertz CT molecular complexity index is 286. The number of nitrogens with one attached hydrogen (secondary N) is 1. The van der Waals surface area contributed by atoms with Gasteiger partial charge in [-0.1, -0.05) is 0 Å². The van der Waals surface area contributed by atoms with Gasteiger partial charge in [-0.2, -0.15) is 0 Å². The van der Waals surface area contributed by atoms with E-state index in [1.54, 1.807) is 12.3 Å². The minimum atomic E-state index is -0.465. The van der Waals surface area contributed by atoms with Crippen molar-refractivity contribution in [1.29, 1.82) is 0 Å². The summed E-state index contributed by atoms with van der Waals surface area (Å²) in [5, 5.41) is 2.73. The molecule has 0 unspecified atom stereocenters. The number of furan rings is 1. The predicted octanol–water partition coefficient (Wildman–Crippen LogP) is 1.02. The third-order valence-corrected chi connectivity index (χ3v) is 1.66. The molecule has 78 valence electrons. The van der Waals surface area contributed by atoms with Gasteiger partial charge < -0.3 is 15.5 Å². The van der Waals surface area contributed by atoms with Crippen molar-refractivity contribution in [1.82, 2.24) is 5.32 Å². The Labute approximate surface area is 83.5 Å². The molecular formula is C10H16N2O2. The Morgan fingerprint density at radius 2 is 2.36 bits per heavy atom. The van der Waals surface area contributed by atoms with Gasteiger partial charge in [-0.15, -0.1) is 0 Å². The standard InChI is InChI=1S/C10H16N2O2/c1-10(2,11)6-9(13)12-7-8-4-3-5-14-8/h3-5H,6-7,11H2,1-2H3,(H,12,13). The summed E-state index contributed by atoms with van der Waals surface area (Å²) in [6.45, 7) is 4.06. The molecule has 1 aromatic heterocycles. The third kappa shape index (κ3) is 4.09. The van der Waals surface area contributed by atoms with Crippen molar-refractivity contribution in [3.63, 3.8) is 0 Å². The number of hydrogen-bond donors (Lipinski definition) is 2. The van der Waals surface area contributed by atoms with Crippen LogP contribution in [0, 0.1) is 0 Å². The summed E-state index contributed by atoms with van der Waals surface area (Å²) in [7, 11) is 0. The summed E-state index contributed by atoms with van der Waals surface area (Å²) in [6.07, 6.45) is 1.89. The minimum Gasteiger partial charge on any atom is -0.467 e. The first-order valence-electron chi connectivity index (χ1n) is 4.55. The van der Waals surface area contributed by atoms with Crippen LogP contribution in [-0.4, -0.2) is 11.4 Å². The molecule has 4 heteroatoms. The average molecular weight is 196 g/mol. The van der Waals surface area contributed by atoms with Crippen LogP contribution in [0.1, 0.15) is 26.0 Å². The fraction of sp³-hybridized carbons (Fsp3) is 0.500. The van der Waals surface area contributed by atoms with E-state index >= 15 is 0 Å². The molecule has 0 aliphatic rings. The normalized spacial score (nSPS) is 11.4. The van der Waals surface area contributed by atoms with E-state index in [9.17, 15) is 4.79 Å². The lowest BCUT2D eigenvalue weighted by atomic mass is 10.0. The lowest BCUT2D eigenvalue weighted by molar-refractivity contribution is -0.122. The van der Waals surface area contributed by atoms with E-state index < -0.39 is 5.54 Å². The number of carbonyl (C=O) groups is 1. The summed E-state index contributed by atoms with van der Waals surface area (Å²) in [4.78, 5) is 11.3. The SMILES string of the molecule is CC(C)(N)CC(=O)NCc1ccco1. The molecule has 0 saturated heterocycles. The molecule has 3 N–H and O–H groups in total. The van der Waals surface area contributed by atoms with Gasteiger partial charge in [-0.25, -0.2) is 0 Å². The Balaban J connectivity index is 2.29. The summed E-state index contributed by atoms with van der Waals surface area (Å²) in [5.74, 6) is 0.682. The molecule has 0 aliphatic heterocycles. The smallest absolute Gasteiger partial charge is 0.222 e. The molecule has 1 amide bonds. The Kier molecular flexibility index (Phi) is 3.30. The lowest BCUT2D eigenvalue weighted by Crippen LogP contribution is -2.38. The zero-order valence-corrected chi connectivity index (χ0v) is 8.54. The summed E-state index contributed by atoms with van der Waals surface area (Å²) in [6, 6.07) is 3.60. The van der Waals surface area contributed by atoms with E-state index in [2.05, 4.69) is 5.32 Å². The summed E-state index contributed by atoms with van der Waals surface area (Å²) >= 11 is 0. The van der Waals surface area contributed by atoms with Gasteiger partial charge in [0, 0.05) is 12.0 Å². The summed E-state index contributed by atoms with van der Waals surface area (Å²) in [5.41, 5.74) is 5.24. The maximum atomic E-state index is 11.3. The molecular weight excluding hydrogens is 180 g/mol. The zero-order valence-electron chi connectivity index (χ0n) is 8.54. The van der Waals surface area contributed by atoms with Crippen LogP contribution in [0.5, 0.6) is 0 Å². The van der Waals surface area contributed by atoms with Gasteiger partial charge in [0.1, 0.15) is 5.76 Å². The average Bonchev–Trinajstić information content (AvgIpc) is 2.49.